The molecule has 1 fully saturated rings. The van der Waals surface area contributed by atoms with Gasteiger partial charge in [0.25, 0.3) is 5.91 Å². The highest BCUT2D eigenvalue weighted by molar-refractivity contribution is 6.03. The second-order valence-electron chi connectivity index (χ2n) is 5.47. The molecule has 0 saturated carbocycles. The Labute approximate surface area is 118 Å². The van der Waals surface area contributed by atoms with Gasteiger partial charge in [-0.05, 0) is 25.0 Å². The lowest BCUT2D eigenvalue weighted by atomic mass is 10.1. The van der Waals surface area contributed by atoms with Gasteiger partial charge in [0.2, 0.25) is 0 Å². The predicted octanol–water partition coefficient (Wildman–Crippen LogP) is 1.31. The number of anilines is 2. The first-order valence-electron chi connectivity index (χ1n) is 6.99. The number of nitrogens with zero attached hydrogens (tertiary/aromatic N) is 2. The first kappa shape index (κ1) is 13.4. The van der Waals surface area contributed by atoms with Crippen LogP contribution in [0.1, 0.15) is 24.5 Å². The second kappa shape index (κ2) is 5.07. The Balaban J connectivity index is 1.82. The number of hydrogen-bond acceptors (Lipinski definition) is 4. The van der Waals surface area contributed by atoms with Gasteiger partial charge in [0.1, 0.15) is 0 Å². The summed E-state index contributed by atoms with van der Waals surface area (Å²) in [7, 11) is 3.47. The number of carbonyl (C=O) groups excluding carboxylic acids is 1. The van der Waals surface area contributed by atoms with E-state index in [-0.39, 0.29) is 5.91 Å². The van der Waals surface area contributed by atoms with E-state index in [9.17, 15) is 9.90 Å². The normalized spacial score (nSPS) is 23.4. The Bertz CT molecular complexity index is 524. The lowest BCUT2D eigenvalue weighted by Crippen LogP contribution is -2.36. The zero-order chi connectivity index (χ0) is 14.3. The highest BCUT2D eigenvalue weighted by atomic mass is 16.5. The van der Waals surface area contributed by atoms with Crippen molar-refractivity contribution in [2.75, 3.05) is 37.0 Å². The van der Waals surface area contributed by atoms with Crippen molar-refractivity contribution in [3.8, 4) is 0 Å². The third-order valence-electron chi connectivity index (χ3n) is 4.37. The molecule has 5 nitrogen and oxygen atoms in total. The maximum Gasteiger partial charge on any atom is 0.260 e. The largest absolute Gasteiger partial charge is 0.381 e. The Morgan fingerprint density at radius 3 is 2.65 bits per heavy atom. The molecule has 2 aliphatic rings. The number of carbonyl (C=O) groups is 1. The lowest BCUT2D eigenvalue weighted by Gasteiger charge is -2.33. The van der Waals surface area contributed by atoms with E-state index in [0.29, 0.717) is 11.7 Å². The van der Waals surface area contributed by atoms with Crippen molar-refractivity contribution in [1.82, 2.24) is 0 Å². The van der Waals surface area contributed by atoms with Crippen molar-refractivity contribution in [2.24, 2.45) is 0 Å². The van der Waals surface area contributed by atoms with Crippen LogP contribution in [0.5, 0.6) is 0 Å². The van der Waals surface area contributed by atoms with Gasteiger partial charge in [0, 0.05) is 38.5 Å². The zero-order valence-corrected chi connectivity index (χ0v) is 11.9. The topological polar surface area (TPSA) is 53.0 Å². The van der Waals surface area contributed by atoms with E-state index >= 15 is 0 Å². The van der Waals surface area contributed by atoms with Crippen LogP contribution in [0.2, 0.25) is 0 Å². The van der Waals surface area contributed by atoms with Gasteiger partial charge in [-0.25, -0.2) is 0 Å². The van der Waals surface area contributed by atoms with E-state index < -0.39 is 6.10 Å². The van der Waals surface area contributed by atoms with Crippen molar-refractivity contribution < 1.29 is 14.6 Å². The molecule has 3 rings (SSSR count). The number of fused-ring (bicyclic) bond motifs is 1. The summed E-state index contributed by atoms with van der Waals surface area (Å²) in [5.74, 6) is -0.254. The minimum atomic E-state index is -1.01. The first-order valence-corrected chi connectivity index (χ1v) is 6.99. The minimum absolute atomic E-state index is 0.254. The molecule has 1 amide bonds. The van der Waals surface area contributed by atoms with E-state index in [1.165, 1.54) is 4.90 Å². The second-order valence-corrected chi connectivity index (χ2v) is 5.47. The summed E-state index contributed by atoms with van der Waals surface area (Å²) < 4.78 is 5.38. The van der Waals surface area contributed by atoms with Gasteiger partial charge in [-0.3, -0.25) is 4.79 Å². The van der Waals surface area contributed by atoms with E-state index in [1.807, 2.05) is 18.2 Å². The highest BCUT2D eigenvalue weighted by Crippen LogP contribution is 2.37. The molecule has 1 aromatic rings. The highest BCUT2D eigenvalue weighted by Gasteiger charge is 2.34. The van der Waals surface area contributed by atoms with Crippen molar-refractivity contribution in [3.63, 3.8) is 0 Å². The van der Waals surface area contributed by atoms with Crippen LogP contribution < -0.4 is 9.80 Å². The Kier molecular flexibility index (Phi) is 3.40. The van der Waals surface area contributed by atoms with Crippen molar-refractivity contribution in [3.05, 3.63) is 23.8 Å². The molecule has 2 heterocycles. The standard InChI is InChI=1S/C15H20N2O3/c1-16-13-9-10(3-4-12(13)14(18)15(16)19)17-7-5-11(20-2)6-8-17/h3-4,9,11,14,18H,5-8H2,1-2H3. The van der Waals surface area contributed by atoms with Gasteiger partial charge in [0.05, 0.1) is 11.8 Å². The zero-order valence-electron chi connectivity index (χ0n) is 11.9. The third kappa shape index (κ3) is 2.07. The number of benzene rings is 1. The van der Waals surface area contributed by atoms with Crippen LogP contribution in [-0.4, -0.2) is 44.4 Å². The number of piperidine rings is 1. The Morgan fingerprint density at radius 2 is 2.00 bits per heavy atom. The summed E-state index contributed by atoms with van der Waals surface area (Å²) in [6.45, 7) is 1.91. The molecule has 1 atom stereocenters. The Hall–Kier alpha value is -1.59. The maximum absolute atomic E-state index is 11.8. The first-order chi connectivity index (χ1) is 9.61. The lowest BCUT2D eigenvalue weighted by molar-refractivity contribution is -0.125. The van der Waals surface area contributed by atoms with Crippen LogP contribution in [0.3, 0.4) is 0 Å². The van der Waals surface area contributed by atoms with Gasteiger partial charge < -0.3 is 19.6 Å². The molecule has 1 N–H and O–H groups in total. The Morgan fingerprint density at radius 1 is 1.30 bits per heavy atom. The minimum Gasteiger partial charge on any atom is -0.381 e. The van der Waals surface area contributed by atoms with Crippen molar-refractivity contribution in [2.45, 2.75) is 25.0 Å². The predicted molar refractivity (Wildman–Crippen MR) is 77.1 cm³/mol. The SMILES string of the molecule is COC1CCN(c2ccc3c(c2)N(C)C(=O)C3O)CC1. The number of amides is 1. The quantitative estimate of drug-likeness (QED) is 0.885. The molecule has 0 aromatic heterocycles. The smallest absolute Gasteiger partial charge is 0.260 e. The number of likely N-dealkylation sites (N-methyl/N-ethyl adjacent to an activating group) is 1. The summed E-state index contributed by atoms with van der Waals surface area (Å²) in [5, 5.41) is 9.87. The summed E-state index contributed by atoms with van der Waals surface area (Å²) in [4.78, 5) is 15.6. The van der Waals surface area contributed by atoms with E-state index in [2.05, 4.69) is 4.90 Å². The number of aliphatic hydroxyl groups is 1. The maximum atomic E-state index is 11.8. The molecule has 108 valence electrons. The monoisotopic (exact) mass is 276 g/mol. The fourth-order valence-electron chi connectivity index (χ4n) is 3.04. The van der Waals surface area contributed by atoms with Gasteiger partial charge in [-0.1, -0.05) is 6.07 Å². The van der Waals surface area contributed by atoms with Gasteiger partial charge in [-0.2, -0.15) is 0 Å². The molecule has 0 radical (unpaired) electrons. The molecule has 1 aromatic carbocycles. The van der Waals surface area contributed by atoms with Crippen LogP contribution in [0.4, 0.5) is 11.4 Å². The number of rotatable bonds is 2. The fraction of sp³-hybridized carbons (Fsp3) is 0.533. The van der Waals surface area contributed by atoms with Crippen LogP contribution in [0.25, 0.3) is 0 Å². The number of methoxy groups -OCH3 is 1. The molecule has 1 unspecified atom stereocenters. The number of aliphatic hydroxyl groups excluding tert-OH is 1. The van der Waals surface area contributed by atoms with Crippen LogP contribution >= 0.6 is 0 Å². The molecule has 5 heteroatoms. The van der Waals surface area contributed by atoms with Gasteiger partial charge in [0.15, 0.2) is 6.10 Å². The number of ether oxygens (including phenoxy) is 1. The van der Waals surface area contributed by atoms with E-state index in [4.69, 9.17) is 4.74 Å². The number of hydrogen-bond donors (Lipinski definition) is 1. The molecular weight excluding hydrogens is 256 g/mol. The molecule has 0 bridgehead atoms. The fourth-order valence-corrected chi connectivity index (χ4v) is 3.04. The average molecular weight is 276 g/mol. The van der Waals surface area contributed by atoms with Crippen LogP contribution in [-0.2, 0) is 9.53 Å². The summed E-state index contributed by atoms with van der Waals surface area (Å²) >= 11 is 0. The third-order valence-corrected chi connectivity index (χ3v) is 4.37. The molecule has 0 spiro atoms. The van der Waals surface area contributed by atoms with Crippen LogP contribution in [0.15, 0.2) is 18.2 Å². The summed E-state index contributed by atoms with van der Waals surface area (Å²) in [6, 6.07) is 5.84. The molecule has 20 heavy (non-hydrogen) atoms. The summed E-state index contributed by atoms with van der Waals surface area (Å²) in [6.07, 6.45) is 1.38. The van der Waals surface area contributed by atoms with Gasteiger partial charge in [-0.15, -0.1) is 0 Å². The van der Waals surface area contributed by atoms with Crippen molar-refractivity contribution in [1.29, 1.82) is 0 Å². The average Bonchev–Trinajstić information content (AvgIpc) is 2.72. The van der Waals surface area contributed by atoms with Crippen molar-refractivity contribution >= 4 is 17.3 Å². The molecule has 2 aliphatic heterocycles. The van der Waals surface area contributed by atoms with Gasteiger partial charge >= 0.3 is 0 Å². The van der Waals surface area contributed by atoms with Crippen LogP contribution in [0, 0.1) is 0 Å². The molecule has 0 aliphatic carbocycles. The summed E-state index contributed by atoms with van der Waals surface area (Å²) in [5.41, 5.74) is 2.62. The van der Waals surface area contributed by atoms with E-state index in [0.717, 1.165) is 37.3 Å². The molecular formula is C15H20N2O3. The van der Waals surface area contributed by atoms with E-state index in [1.54, 1.807) is 14.2 Å². The molecule has 1 saturated heterocycles.